The van der Waals surface area contributed by atoms with E-state index in [0.717, 1.165) is 206 Å². The zero-order valence-electron chi connectivity index (χ0n) is 76.9. The third-order valence-corrected chi connectivity index (χ3v) is 30.1. The molecule has 0 aliphatic heterocycles. The van der Waals surface area contributed by atoms with Crippen molar-refractivity contribution < 1.29 is 0 Å². The lowest BCUT2D eigenvalue weighted by Gasteiger charge is -2.17. The van der Waals surface area contributed by atoms with Crippen LogP contribution in [0.15, 0.2) is 497 Å². The maximum Gasteiger partial charge on any atom is 0.160 e. The van der Waals surface area contributed by atoms with Gasteiger partial charge in [-0.25, -0.2) is 9.97 Å². The molecule has 30 rings (SSSR count). The number of hydrogen-bond acceptors (Lipinski definition) is 2. The van der Waals surface area contributed by atoms with Gasteiger partial charge in [-0.2, -0.15) is 0 Å². The third kappa shape index (κ3) is 12.3. The molecule has 7 aromatic heterocycles. The first-order valence-electron chi connectivity index (χ1n) is 48.8. The summed E-state index contributed by atoms with van der Waals surface area (Å²) in [4.78, 5) is 12.2. The second kappa shape index (κ2) is 31.3. The SMILES string of the molecule is c1ccc(-c2cccc(-c3cccc(-c4nc(-c5cc(-n6c7ccc(-c8ccc9c(c8)c8ccccc8n9-c8ccccc8)cc7c7cc(-c8ccc9c(c8)c8ccccc8n9-c8ccccc8)ccc76)cc(-n6c7ccc(-c8ccc9c(c8)c8ccccc8n9-c8ccccc8)cc7c7cc(-c8ccc9c(c8)c8ccccc8n9-c8ccccc8)ccc76)c5)nc5c4-c4cccc6cccc-5c46)c3)c2)cc1. The molecule has 0 atom stereocenters. The predicted octanol–water partition coefficient (Wildman–Crippen LogP) is 35.2. The van der Waals surface area contributed by atoms with E-state index in [9.17, 15) is 0 Å². The maximum atomic E-state index is 6.13. The minimum Gasteiger partial charge on any atom is -0.309 e. The van der Waals surface area contributed by atoms with Crippen molar-refractivity contribution in [3.05, 3.63) is 497 Å². The van der Waals surface area contributed by atoms with Crippen LogP contribution in [-0.4, -0.2) is 37.4 Å². The van der Waals surface area contributed by atoms with Crippen LogP contribution in [0.1, 0.15) is 0 Å². The smallest absolute Gasteiger partial charge is 0.160 e. The van der Waals surface area contributed by atoms with Gasteiger partial charge in [-0.15, -0.1) is 0 Å². The van der Waals surface area contributed by atoms with Crippen molar-refractivity contribution in [1.29, 1.82) is 0 Å². The summed E-state index contributed by atoms with van der Waals surface area (Å²) < 4.78 is 14.7. The molecule has 8 nitrogen and oxygen atoms in total. The van der Waals surface area contributed by atoms with Gasteiger partial charge >= 0.3 is 0 Å². The number of nitrogens with zero attached hydrogens (tertiary/aromatic N) is 8. The highest BCUT2D eigenvalue weighted by Crippen LogP contribution is 2.53. The average Bonchev–Trinajstić information content (AvgIpc) is 1.53. The van der Waals surface area contributed by atoms with Crippen molar-refractivity contribution in [2.75, 3.05) is 0 Å². The first-order chi connectivity index (χ1) is 70.4. The molecular weight excluding hydrogens is 1720 g/mol. The minimum atomic E-state index is 0.606. The van der Waals surface area contributed by atoms with E-state index in [0.29, 0.717) is 5.82 Å². The van der Waals surface area contributed by atoms with Crippen LogP contribution in [0, 0.1) is 0 Å². The van der Waals surface area contributed by atoms with Crippen LogP contribution in [0.2, 0.25) is 0 Å². The van der Waals surface area contributed by atoms with E-state index in [-0.39, 0.29) is 0 Å². The zero-order valence-corrected chi connectivity index (χ0v) is 76.9. The van der Waals surface area contributed by atoms with Crippen molar-refractivity contribution in [3.8, 4) is 146 Å². The van der Waals surface area contributed by atoms with E-state index >= 15 is 0 Å². The largest absolute Gasteiger partial charge is 0.309 e. The quantitative estimate of drug-likeness (QED) is 0.109. The normalized spacial score (nSPS) is 12.1. The van der Waals surface area contributed by atoms with Gasteiger partial charge in [-0.1, -0.05) is 297 Å². The molecule has 142 heavy (non-hydrogen) atoms. The van der Waals surface area contributed by atoms with Gasteiger partial charge in [0.05, 0.1) is 77.6 Å². The Balaban J connectivity index is 0.678. The van der Waals surface area contributed by atoms with E-state index in [1.54, 1.807) is 0 Å². The standard InChI is InChI=1S/C134H82N8/c1-6-28-83(29-7-1)85-32-24-33-86(70-85)87-34-25-35-96(71-87)132-131-108-48-26-30-84-31-27-49-109(130(84)108)133(131)136-134(135-132)97-72-102(141-126-66-58-92(88-54-62-122-110(74-88)104-44-16-20-50-118(104)137(122)98-36-8-2-9-37-98)78-114(126)115-79-93(59-67-127(115)141)89-55-63-123-111(75-89)105-45-17-21-51-119(105)138(123)99-38-10-3-11-39-99)82-103(73-97)142-128-68-60-94(90-56-64-124-112(76-90)106-46-18-22-52-120(106)139(124)100-40-12-4-13-41-100)80-116(128)117-81-95(61-69-129(117)142)91-57-65-125-113(77-91)107-47-19-23-53-121(107)140(125)101-42-14-5-15-43-101/h1-82H. The molecule has 0 saturated heterocycles. The van der Waals surface area contributed by atoms with Crippen LogP contribution < -0.4 is 0 Å². The van der Waals surface area contributed by atoms with Gasteiger partial charge < -0.3 is 27.4 Å². The van der Waals surface area contributed by atoms with Crippen LogP contribution in [0.3, 0.4) is 0 Å². The fraction of sp³-hybridized carbons (Fsp3) is 0. The van der Waals surface area contributed by atoms with E-state index in [2.05, 4.69) is 525 Å². The second-order valence-electron chi connectivity index (χ2n) is 37.9. The van der Waals surface area contributed by atoms with Crippen LogP contribution in [-0.2, 0) is 0 Å². The fourth-order valence-corrected chi connectivity index (χ4v) is 23.7. The number of rotatable bonds is 14. The summed E-state index contributed by atoms with van der Waals surface area (Å²) >= 11 is 0. The average molecular weight is 1800 g/mol. The molecule has 0 fully saturated rings. The maximum absolute atomic E-state index is 6.13. The van der Waals surface area contributed by atoms with Gasteiger partial charge in [0.1, 0.15) is 0 Å². The number of para-hydroxylation sites is 8. The Hall–Kier alpha value is -19.0. The summed E-state index contributed by atoms with van der Waals surface area (Å²) in [6.07, 6.45) is 0. The van der Waals surface area contributed by atoms with Gasteiger partial charge in [0, 0.05) is 121 Å². The predicted molar refractivity (Wildman–Crippen MR) is 593 cm³/mol. The van der Waals surface area contributed by atoms with Crippen LogP contribution in [0.4, 0.5) is 0 Å². The highest BCUT2D eigenvalue weighted by Gasteiger charge is 2.31. The highest BCUT2D eigenvalue weighted by atomic mass is 15.0. The summed E-state index contributed by atoms with van der Waals surface area (Å²) in [5.41, 5.74) is 40.3. The number of fused-ring (bicyclic) bond motifs is 21. The van der Waals surface area contributed by atoms with E-state index in [1.807, 2.05) is 0 Å². The molecule has 29 aromatic rings. The molecule has 7 heterocycles. The molecular formula is C134H82N8. The Labute approximate surface area is 816 Å². The molecule has 0 unspecified atom stereocenters. The second-order valence-corrected chi connectivity index (χ2v) is 37.9. The molecule has 658 valence electrons. The Bertz CT molecular complexity index is 9470. The van der Waals surface area contributed by atoms with Crippen molar-refractivity contribution >= 4 is 142 Å². The first kappa shape index (κ1) is 79.2. The van der Waals surface area contributed by atoms with Crippen molar-refractivity contribution in [2.45, 2.75) is 0 Å². The monoisotopic (exact) mass is 1800 g/mol. The van der Waals surface area contributed by atoms with Crippen LogP contribution >= 0.6 is 0 Å². The number of benzene rings is 22. The lowest BCUT2D eigenvalue weighted by molar-refractivity contribution is 1.12. The minimum absolute atomic E-state index is 0.606. The van der Waals surface area contributed by atoms with Gasteiger partial charge in [0.15, 0.2) is 5.82 Å². The summed E-state index contributed by atoms with van der Waals surface area (Å²) in [5, 5.41) is 16.4. The summed E-state index contributed by atoms with van der Waals surface area (Å²) in [7, 11) is 0. The molecule has 0 radical (unpaired) electrons. The topological polar surface area (TPSA) is 55.4 Å². The van der Waals surface area contributed by atoms with Gasteiger partial charge in [0.2, 0.25) is 0 Å². The molecule has 1 aliphatic rings. The van der Waals surface area contributed by atoms with Crippen molar-refractivity contribution in [2.24, 2.45) is 0 Å². The van der Waals surface area contributed by atoms with Gasteiger partial charge in [-0.05, 0) is 283 Å². The van der Waals surface area contributed by atoms with E-state index < -0.39 is 0 Å². The van der Waals surface area contributed by atoms with Crippen molar-refractivity contribution in [1.82, 2.24) is 37.4 Å². The molecule has 0 spiro atoms. The van der Waals surface area contributed by atoms with Crippen molar-refractivity contribution in [3.63, 3.8) is 0 Å². The van der Waals surface area contributed by atoms with E-state index in [4.69, 9.17) is 9.97 Å². The molecule has 1 aliphatic carbocycles. The number of hydrogen-bond donors (Lipinski definition) is 0. The highest BCUT2D eigenvalue weighted by molar-refractivity contribution is 6.21. The molecule has 8 heteroatoms. The lowest BCUT2D eigenvalue weighted by atomic mass is 9.95. The summed E-state index contributed by atoms with van der Waals surface area (Å²) in [5.74, 6) is 0.606. The third-order valence-electron chi connectivity index (χ3n) is 30.1. The number of aromatic nitrogens is 8. The summed E-state index contributed by atoms with van der Waals surface area (Å²) in [6.45, 7) is 0. The van der Waals surface area contributed by atoms with Gasteiger partial charge in [-0.3, -0.25) is 0 Å². The molecule has 0 amide bonds. The van der Waals surface area contributed by atoms with Crippen LogP contribution in [0.5, 0.6) is 0 Å². The van der Waals surface area contributed by atoms with Gasteiger partial charge in [0.25, 0.3) is 0 Å². The zero-order chi connectivity index (χ0) is 92.9. The Kier molecular flexibility index (Phi) is 17.4. The Morgan fingerprint density at radius 1 is 0.134 bits per heavy atom. The first-order valence-corrected chi connectivity index (χ1v) is 48.8. The molecule has 22 aromatic carbocycles. The lowest BCUT2D eigenvalue weighted by Crippen LogP contribution is -2.03. The fourth-order valence-electron chi connectivity index (χ4n) is 23.7. The van der Waals surface area contributed by atoms with Crippen LogP contribution in [0.25, 0.3) is 288 Å². The molecule has 0 bridgehead atoms. The molecule has 0 N–H and O–H groups in total. The Morgan fingerprint density at radius 3 is 0.711 bits per heavy atom. The van der Waals surface area contributed by atoms with E-state index in [1.165, 1.54) is 76.1 Å². The molecule has 0 saturated carbocycles. The summed E-state index contributed by atoms with van der Waals surface area (Å²) in [6, 6.07) is 185. The Morgan fingerprint density at radius 2 is 0.373 bits per heavy atom.